The summed E-state index contributed by atoms with van der Waals surface area (Å²) in [5.41, 5.74) is 1.70. The molecule has 0 aromatic heterocycles. The van der Waals surface area contributed by atoms with Crippen molar-refractivity contribution in [2.75, 3.05) is 26.0 Å². The lowest BCUT2D eigenvalue weighted by Crippen LogP contribution is -2.40. The molecule has 1 unspecified atom stereocenters. The highest BCUT2D eigenvalue weighted by molar-refractivity contribution is 5.66. The highest BCUT2D eigenvalue weighted by Gasteiger charge is 2.21. The molecule has 0 spiro atoms. The number of nitrogens with zero attached hydrogens (tertiary/aromatic N) is 3. The maximum Gasteiger partial charge on any atom is 0.101 e. The monoisotopic (exact) mass is 284 g/mol. The number of hydrogen-bond acceptors (Lipinski definition) is 4. The summed E-state index contributed by atoms with van der Waals surface area (Å²) in [6.07, 6.45) is 2.23. The minimum atomic E-state index is 0.373. The summed E-state index contributed by atoms with van der Waals surface area (Å²) < 4.78 is 0. The largest absolute Gasteiger partial charge is 0.381 e. The molecule has 0 saturated carbocycles. The molecule has 0 radical (unpaired) electrons. The average molecular weight is 284 g/mol. The third kappa shape index (κ3) is 4.21. The van der Waals surface area contributed by atoms with Crippen molar-refractivity contribution in [3.05, 3.63) is 29.3 Å². The summed E-state index contributed by atoms with van der Waals surface area (Å²) in [4.78, 5) is 2.21. The molecule has 1 rings (SSSR count). The van der Waals surface area contributed by atoms with Gasteiger partial charge in [0.1, 0.15) is 12.1 Å². The first-order valence-corrected chi connectivity index (χ1v) is 7.42. The smallest absolute Gasteiger partial charge is 0.101 e. The molecule has 0 aliphatic rings. The maximum atomic E-state index is 9.20. The fourth-order valence-electron chi connectivity index (χ4n) is 2.74. The van der Waals surface area contributed by atoms with Crippen molar-refractivity contribution in [2.24, 2.45) is 5.92 Å². The normalized spacial score (nSPS) is 12.0. The predicted molar refractivity (Wildman–Crippen MR) is 85.9 cm³/mol. The van der Waals surface area contributed by atoms with Gasteiger partial charge in [0.2, 0.25) is 0 Å². The van der Waals surface area contributed by atoms with E-state index in [1.807, 2.05) is 0 Å². The minimum Gasteiger partial charge on any atom is -0.381 e. The number of para-hydroxylation sites is 1. The van der Waals surface area contributed by atoms with Crippen molar-refractivity contribution >= 4 is 5.69 Å². The van der Waals surface area contributed by atoms with Crippen LogP contribution in [0, 0.1) is 28.6 Å². The van der Waals surface area contributed by atoms with Crippen LogP contribution in [0.4, 0.5) is 5.69 Å². The van der Waals surface area contributed by atoms with Gasteiger partial charge in [0.25, 0.3) is 0 Å². The fraction of sp³-hybridized carbons (Fsp3) is 0.529. The first kappa shape index (κ1) is 17.0. The van der Waals surface area contributed by atoms with Gasteiger partial charge in [0.15, 0.2) is 0 Å². The Kier molecular flexibility index (Phi) is 6.72. The summed E-state index contributed by atoms with van der Waals surface area (Å²) in [7, 11) is 4.15. The van der Waals surface area contributed by atoms with Crippen molar-refractivity contribution in [1.29, 1.82) is 10.5 Å². The molecular formula is C17H24N4. The fourth-order valence-corrected chi connectivity index (χ4v) is 2.74. The quantitative estimate of drug-likeness (QED) is 0.835. The van der Waals surface area contributed by atoms with Crippen LogP contribution in [0.25, 0.3) is 0 Å². The van der Waals surface area contributed by atoms with Crippen molar-refractivity contribution in [3.63, 3.8) is 0 Å². The van der Waals surface area contributed by atoms with Crippen LogP contribution < -0.4 is 5.32 Å². The van der Waals surface area contributed by atoms with Gasteiger partial charge in [-0.25, -0.2) is 0 Å². The van der Waals surface area contributed by atoms with Gasteiger partial charge >= 0.3 is 0 Å². The zero-order valence-electron chi connectivity index (χ0n) is 13.3. The number of hydrogen-bond donors (Lipinski definition) is 1. The molecule has 1 atom stereocenters. The highest BCUT2D eigenvalue weighted by Crippen LogP contribution is 2.22. The lowest BCUT2D eigenvalue weighted by atomic mass is 9.93. The van der Waals surface area contributed by atoms with Crippen LogP contribution in [-0.4, -0.2) is 31.6 Å². The zero-order chi connectivity index (χ0) is 15.8. The standard InChI is InChI=1S/C17H24N4/c1-5-13(6-2)16(21(3)4)12-20-17-14(10-18)8-7-9-15(17)11-19/h7-9,13,16,20H,5-6,12H2,1-4H3. The summed E-state index contributed by atoms with van der Waals surface area (Å²) in [6, 6.07) is 9.90. The van der Waals surface area contributed by atoms with Gasteiger partial charge in [-0.3, -0.25) is 0 Å². The third-order valence-corrected chi connectivity index (χ3v) is 4.05. The molecule has 0 saturated heterocycles. The molecule has 0 bridgehead atoms. The molecular weight excluding hydrogens is 260 g/mol. The van der Waals surface area contributed by atoms with Crippen LogP contribution in [0.1, 0.15) is 37.8 Å². The summed E-state index contributed by atoms with van der Waals surface area (Å²) >= 11 is 0. The van der Waals surface area contributed by atoms with Crippen LogP contribution in [0.3, 0.4) is 0 Å². The lowest BCUT2D eigenvalue weighted by Gasteiger charge is -2.32. The van der Waals surface area contributed by atoms with E-state index in [9.17, 15) is 10.5 Å². The Balaban J connectivity index is 2.96. The molecule has 0 aliphatic heterocycles. The summed E-state index contributed by atoms with van der Waals surface area (Å²) in [5, 5.41) is 21.7. The van der Waals surface area contributed by atoms with Crippen LogP contribution in [0.5, 0.6) is 0 Å². The molecule has 0 heterocycles. The van der Waals surface area contributed by atoms with Gasteiger partial charge in [-0.05, 0) is 32.1 Å². The second-order valence-electron chi connectivity index (χ2n) is 5.44. The van der Waals surface area contributed by atoms with Crippen LogP contribution in [0.15, 0.2) is 18.2 Å². The van der Waals surface area contributed by atoms with E-state index in [1.165, 1.54) is 0 Å². The van der Waals surface area contributed by atoms with Crippen molar-refractivity contribution in [2.45, 2.75) is 32.7 Å². The van der Waals surface area contributed by atoms with Crippen LogP contribution in [-0.2, 0) is 0 Å². The molecule has 1 aromatic carbocycles. The minimum absolute atomic E-state index is 0.373. The molecule has 1 N–H and O–H groups in total. The zero-order valence-corrected chi connectivity index (χ0v) is 13.3. The van der Waals surface area contributed by atoms with Crippen LogP contribution in [0.2, 0.25) is 0 Å². The molecule has 21 heavy (non-hydrogen) atoms. The summed E-state index contributed by atoms with van der Waals surface area (Å²) in [6.45, 7) is 5.13. The number of nitrogens with one attached hydrogen (secondary N) is 1. The Labute approximate surface area is 128 Å². The van der Waals surface area contributed by atoms with Gasteiger partial charge in [0, 0.05) is 12.6 Å². The average Bonchev–Trinajstić information content (AvgIpc) is 2.50. The van der Waals surface area contributed by atoms with E-state index >= 15 is 0 Å². The van der Waals surface area contributed by atoms with Gasteiger partial charge in [-0.15, -0.1) is 0 Å². The SMILES string of the molecule is CCC(CC)C(CNc1c(C#N)cccc1C#N)N(C)C. The number of nitriles is 2. The van der Waals surface area contributed by atoms with Gasteiger partial charge < -0.3 is 10.2 Å². The topological polar surface area (TPSA) is 62.9 Å². The van der Waals surface area contributed by atoms with E-state index in [2.05, 4.69) is 50.3 Å². The first-order chi connectivity index (χ1) is 10.1. The Hall–Kier alpha value is -2.04. The number of rotatable bonds is 7. The van der Waals surface area contributed by atoms with E-state index in [-0.39, 0.29) is 0 Å². The predicted octanol–water partition coefficient (Wildman–Crippen LogP) is 3.21. The molecule has 1 aromatic rings. The number of anilines is 1. The first-order valence-electron chi connectivity index (χ1n) is 7.42. The highest BCUT2D eigenvalue weighted by atomic mass is 15.1. The van der Waals surface area contributed by atoms with E-state index in [0.29, 0.717) is 28.8 Å². The van der Waals surface area contributed by atoms with Gasteiger partial charge in [-0.1, -0.05) is 32.8 Å². The van der Waals surface area contributed by atoms with E-state index in [4.69, 9.17) is 0 Å². The van der Waals surface area contributed by atoms with E-state index in [1.54, 1.807) is 18.2 Å². The lowest BCUT2D eigenvalue weighted by molar-refractivity contribution is 0.210. The Morgan fingerprint density at radius 3 is 2.00 bits per heavy atom. The number of likely N-dealkylation sites (N-methyl/N-ethyl adjacent to an activating group) is 1. The molecule has 0 amide bonds. The maximum absolute atomic E-state index is 9.20. The molecule has 112 valence electrons. The van der Waals surface area contributed by atoms with Gasteiger partial charge in [-0.2, -0.15) is 10.5 Å². The second kappa shape index (κ2) is 8.29. The Morgan fingerprint density at radius 1 is 1.10 bits per heavy atom. The Morgan fingerprint density at radius 2 is 1.62 bits per heavy atom. The van der Waals surface area contributed by atoms with Crippen molar-refractivity contribution < 1.29 is 0 Å². The Bertz CT molecular complexity index is 500. The third-order valence-electron chi connectivity index (χ3n) is 4.05. The molecule has 0 fully saturated rings. The van der Waals surface area contributed by atoms with Crippen molar-refractivity contribution in [1.82, 2.24) is 4.90 Å². The van der Waals surface area contributed by atoms with E-state index < -0.39 is 0 Å². The van der Waals surface area contributed by atoms with Gasteiger partial charge in [0.05, 0.1) is 16.8 Å². The molecule has 0 aliphatic carbocycles. The van der Waals surface area contributed by atoms with E-state index in [0.717, 1.165) is 19.4 Å². The van der Waals surface area contributed by atoms with Crippen molar-refractivity contribution in [3.8, 4) is 12.1 Å². The molecule has 4 heteroatoms. The summed E-state index contributed by atoms with van der Waals surface area (Å²) in [5.74, 6) is 0.590. The number of benzene rings is 1. The van der Waals surface area contributed by atoms with Crippen LogP contribution >= 0.6 is 0 Å². The second-order valence-corrected chi connectivity index (χ2v) is 5.44. The molecule has 4 nitrogen and oxygen atoms in total.